The number of hydrogen-bond acceptors (Lipinski definition) is 2. The summed E-state index contributed by atoms with van der Waals surface area (Å²) in [6.45, 7) is 2.13. The Morgan fingerprint density at radius 3 is 2.75 bits per heavy atom. The lowest BCUT2D eigenvalue weighted by molar-refractivity contribution is -0.118. The van der Waals surface area contributed by atoms with Crippen molar-refractivity contribution < 1.29 is 4.79 Å². The number of carbonyl (C=O) groups excluding carboxylic acids is 1. The van der Waals surface area contributed by atoms with Crippen LogP contribution in [0.3, 0.4) is 0 Å². The second kappa shape index (κ2) is 4.26. The molecule has 0 unspecified atom stereocenters. The zero-order chi connectivity index (χ0) is 11.6. The van der Waals surface area contributed by atoms with Gasteiger partial charge in [0.2, 0.25) is 5.91 Å². The van der Waals surface area contributed by atoms with Crippen LogP contribution in [0.25, 0.3) is 0 Å². The first kappa shape index (κ1) is 11.1. The Balaban J connectivity index is 2.11. The van der Waals surface area contributed by atoms with E-state index in [1.54, 1.807) is 0 Å². The zero-order valence-corrected chi connectivity index (χ0v) is 9.62. The number of anilines is 1. The minimum absolute atomic E-state index is 0.0453. The van der Waals surface area contributed by atoms with E-state index in [1.165, 1.54) is 5.56 Å². The number of nitrogens with one attached hydrogen (secondary N) is 1. The SMILES string of the molecule is CCCc1ccccc1NC(=O)C1(N)CC1. The molecule has 0 atom stereocenters. The van der Waals surface area contributed by atoms with Crippen LogP contribution in [0.5, 0.6) is 0 Å². The van der Waals surface area contributed by atoms with Crippen molar-refractivity contribution >= 4 is 11.6 Å². The molecule has 0 heterocycles. The molecule has 1 aliphatic rings. The van der Waals surface area contributed by atoms with E-state index in [9.17, 15) is 4.79 Å². The van der Waals surface area contributed by atoms with Crippen LogP contribution >= 0.6 is 0 Å². The molecule has 0 aromatic heterocycles. The molecule has 1 amide bonds. The van der Waals surface area contributed by atoms with Gasteiger partial charge in [-0.1, -0.05) is 31.5 Å². The molecule has 3 heteroatoms. The maximum atomic E-state index is 11.8. The van der Waals surface area contributed by atoms with Crippen molar-refractivity contribution in [2.24, 2.45) is 5.73 Å². The van der Waals surface area contributed by atoms with E-state index in [2.05, 4.69) is 18.3 Å². The molecule has 1 aromatic rings. The van der Waals surface area contributed by atoms with Gasteiger partial charge in [-0.05, 0) is 30.9 Å². The van der Waals surface area contributed by atoms with Crippen LogP contribution in [0.2, 0.25) is 0 Å². The number of rotatable bonds is 4. The number of hydrogen-bond donors (Lipinski definition) is 2. The van der Waals surface area contributed by atoms with E-state index in [0.29, 0.717) is 0 Å². The van der Waals surface area contributed by atoms with E-state index >= 15 is 0 Å². The summed E-state index contributed by atoms with van der Waals surface area (Å²) in [4.78, 5) is 11.8. The molecular formula is C13H18N2O. The average Bonchev–Trinajstić information content (AvgIpc) is 3.01. The number of aryl methyl sites for hydroxylation is 1. The van der Waals surface area contributed by atoms with Gasteiger partial charge < -0.3 is 11.1 Å². The van der Waals surface area contributed by atoms with Crippen LogP contribution in [0.4, 0.5) is 5.69 Å². The largest absolute Gasteiger partial charge is 0.324 e. The summed E-state index contributed by atoms with van der Waals surface area (Å²) in [5, 5.41) is 2.93. The predicted octanol–water partition coefficient (Wildman–Crippen LogP) is 2.07. The van der Waals surface area contributed by atoms with Crippen molar-refractivity contribution in [2.75, 3.05) is 5.32 Å². The lowest BCUT2D eigenvalue weighted by atomic mass is 10.1. The number of para-hydroxylation sites is 1. The third-order valence-corrected chi connectivity index (χ3v) is 3.03. The van der Waals surface area contributed by atoms with Crippen molar-refractivity contribution in [1.82, 2.24) is 0 Å². The molecule has 86 valence electrons. The van der Waals surface area contributed by atoms with Gasteiger partial charge in [0.25, 0.3) is 0 Å². The van der Waals surface area contributed by atoms with Gasteiger partial charge in [0.1, 0.15) is 0 Å². The summed E-state index contributed by atoms with van der Waals surface area (Å²) in [6, 6.07) is 7.92. The second-order valence-electron chi connectivity index (χ2n) is 4.52. The van der Waals surface area contributed by atoms with E-state index < -0.39 is 5.54 Å². The Morgan fingerprint density at radius 2 is 2.12 bits per heavy atom. The van der Waals surface area contributed by atoms with Crippen molar-refractivity contribution in [3.8, 4) is 0 Å². The Bertz CT molecular complexity index is 397. The monoisotopic (exact) mass is 218 g/mol. The number of nitrogens with two attached hydrogens (primary N) is 1. The van der Waals surface area contributed by atoms with Crippen LogP contribution in [-0.2, 0) is 11.2 Å². The van der Waals surface area contributed by atoms with Crippen LogP contribution in [0, 0.1) is 0 Å². The van der Waals surface area contributed by atoms with Crippen LogP contribution in [0.1, 0.15) is 31.7 Å². The molecule has 3 nitrogen and oxygen atoms in total. The van der Waals surface area contributed by atoms with Crippen LogP contribution < -0.4 is 11.1 Å². The summed E-state index contributed by atoms with van der Waals surface area (Å²) < 4.78 is 0. The van der Waals surface area contributed by atoms with Gasteiger partial charge >= 0.3 is 0 Å². The summed E-state index contributed by atoms with van der Waals surface area (Å²) in [7, 11) is 0. The smallest absolute Gasteiger partial charge is 0.244 e. The van der Waals surface area contributed by atoms with Gasteiger partial charge in [0, 0.05) is 5.69 Å². The summed E-state index contributed by atoms with van der Waals surface area (Å²) >= 11 is 0. The third-order valence-electron chi connectivity index (χ3n) is 3.03. The Labute approximate surface area is 96.0 Å². The molecular weight excluding hydrogens is 200 g/mol. The molecule has 0 bridgehead atoms. The first-order valence-corrected chi connectivity index (χ1v) is 5.84. The predicted molar refractivity (Wildman–Crippen MR) is 65.2 cm³/mol. The topological polar surface area (TPSA) is 55.1 Å². The quantitative estimate of drug-likeness (QED) is 0.812. The minimum atomic E-state index is -0.598. The van der Waals surface area contributed by atoms with Crippen molar-refractivity contribution in [1.29, 1.82) is 0 Å². The highest BCUT2D eigenvalue weighted by Crippen LogP contribution is 2.33. The maximum Gasteiger partial charge on any atom is 0.244 e. The molecule has 1 fully saturated rings. The highest BCUT2D eigenvalue weighted by atomic mass is 16.2. The molecule has 1 aliphatic carbocycles. The molecule has 0 spiro atoms. The Kier molecular flexibility index (Phi) is 2.97. The first-order valence-electron chi connectivity index (χ1n) is 5.84. The first-order chi connectivity index (χ1) is 7.65. The molecule has 0 saturated heterocycles. The lowest BCUT2D eigenvalue weighted by Crippen LogP contribution is -2.38. The van der Waals surface area contributed by atoms with Crippen molar-refractivity contribution in [3.63, 3.8) is 0 Å². The van der Waals surface area contributed by atoms with Gasteiger partial charge in [0.15, 0.2) is 0 Å². The molecule has 1 aromatic carbocycles. The summed E-state index contributed by atoms with van der Waals surface area (Å²) in [5.74, 6) is -0.0453. The normalized spacial score (nSPS) is 16.9. The number of amides is 1. The Morgan fingerprint density at radius 1 is 1.44 bits per heavy atom. The molecule has 2 rings (SSSR count). The van der Waals surface area contributed by atoms with Gasteiger partial charge in [-0.25, -0.2) is 0 Å². The van der Waals surface area contributed by atoms with Crippen molar-refractivity contribution in [3.05, 3.63) is 29.8 Å². The molecule has 1 saturated carbocycles. The second-order valence-corrected chi connectivity index (χ2v) is 4.52. The standard InChI is InChI=1S/C13H18N2O/c1-2-5-10-6-3-4-7-11(10)15-12(16)13(14)8-9-13/h3-4,6-7H,2,5,8-9,14H2,1H3,(H,15,16). The lowest BCUT2D eigenvalue weighted by Gasteiger charge is -2.13. The van der Waals surface area contributed by atoms with Gasteiger partial charge in [-0.2, -0.15) is 0 Å². The fourth-order valence-corrected chi connectivity index (χ4v) is 1.74. The van der Waals surface area contributed by atoms with Crippen LogP contribution in [-0.4, -0.2) is 11.4 Å². The molecule has 3 N–H and O–H groups in total. The zero-order valence-electron chi connectivity index (χ0n) is 9.62. The average molecular weight is 218 g/mol. The fourth-order valence-electron chi connectivity index (χ4n) is 1.74. The summed E-state index contributed by atoms with van der Waals surface area (Å²) in [6.07, 6.45) is 3.65. The Hall–Kier alpha value is -1.35. The van der Waals surface area contributed by atoms with Gasteiger partial charge in [0.05, 0.1) is 5.54 Å². The van der Waals surface area contributed by atoms with E-state index in [-0.39, 0.29) is 5.91 Å². The van der Waals surface area contributed by atoms with E-state index in [0.717, 1.165) is 31.4 Å². The third kappa shape index (κ3) is 2.25. The minimum Gasteiger partial charge on any atom is -0.324 e. The summed E-state index contributed by atoms with van der Waals surface area (Å²) in [5.41, 5.74) is 7.34. The van der Waals surface area contributed by atoms with Crippen LogP contribution in [0.15, 0.2) is 24.3 Å². The highest BCUT2D eigenvalue weighted by molar-refractivity contribution is 6.00. The van der Waals surface area contributed by atoms with E-state index in [4.69, 9.17) is 5.73 Å². The maximum absolute atomic E-state index is 11.8. The number of carbonyl (C=O) groups is 1. The molecule has 0 aliphatic heterocycles. The highest BCUT2D eigenvalue weighted by Gasteiger charge is 2.46. The van der Waals surface area contributed by atoms with E-state index in [1.807, 2.05) is 18.2 Å². The molecule has 0 radical (unpaired) electrons. The fraction of sp³-hybridized carbons (Fsp3) is 0.462. The van der Waals surface area contributed by atoms with Gasteiger partial charge in [-0.15, -0.1) is 0 Å². The number of benzene rings is 1. The van der Waals surface area contributed by atoms with Crippen molar-refractivity contribution in [2.45, 2.75) is 38.1 Å². The molecule has 16 heavy (non-hydrogen) atoms. The van der Waals surface area contributed by atoms with Gasteiger partial charge in [-0.3, -0.25) is 4.79 Å².